The molecule has 0 aromatic heterocycles. The van der Waals surface area contributed by atoms with E-state index in [9.17, 15) is 19.2 Å². The van der Waals surface area contributed by atoms with Crippen LogP contribution in [0.4, 0.5) is 0 Å². The van der Waals surface area contributed by atoms with Crippen LogP contribution in [0.15, 0.2) is 0 Å². The molecule has 0 aromatic carbocycles. The van der Waals surface area contributed by atoms with Gasteiger partial charge in [0.1, 0.15) is 18.9 Å². The zero-order valence-electron chi connectivity index (χ0n) is 13.9. The molecule has 1 fully saturated rings. The molecule has 3 N–H and O–H groups in total. The third-order valence-corrected chi connectivity index (χ3v) is 3.14. The van der Waals surface area contributed by atoms with Crippen molar-refractivity contribution in [1.82, 2.24) is 5.32 Å². The molecule has 1 saturated heterocycles. The third kappa shape index (κ3) is 5.78. The maximum atomic E-state index is 11.4. The van der Waals surface area contributed by atoms with E-state index in [2.05, 4.69) is 5.32 Å². The topological polar surface area (TPSA) is 143 Å². The summed E-state index contributed by atoms with van der Waals surface area (Å²) in [5.74, 6) is -2.30. The molecule has 0 spiro atoms. The number of rotatable bonds is 5. The van der Waals surface area contributed by atoms with Crippen LogP contribution in [-0.4, -0.2) is 61.0 Å². The number of nitrogens with one attached hydrogen (secondary N) is 1. The first-order chi connectivity index (χ1) is 11.1. The molecule has 1 rings (SSSR count). The molecular weight excluding hydrogens is 324 g/mol. The van der Waals surface area contributed by atoms with E-state index in [0.717, 1.165) is 0 Å². The van der Waals surface area contributed by atoms with Gasteiger partial charge < -0.3 is 30.0 Å². The molecule has 1 aliphatic rings. The number of ether oxygens (including phenoxy) is 4. The van der Waals surface area contributed by atoms with Gasteiger partial charge in [-0.2, -0.15) is 0 Å². The van der Waals surface area contributed by atoms with E-state index in [1.54, 1.807) is 0 Å². The molecule has 1 amide bonds. The molecule has 0 aliphatic carbocycles. The van der Waals surface area contributed by atoms with E-state index in [1.807, 2.05) is 0 Å². The molecule has 10 heteroatoms. The van der Waals surface area contributed by atoms with Gasteiger partial charge in [0.2, 0.25) is 5.91 Å². The summed E-state index contributed by atoms with van der Waals surface area (Å²) >= 11 is 0. The fourth-order valence-corrected chi connectivity index (χ4v) is 2.30. The monoisotopic (exact) mass is 346 g/mol. The van der Waals surface area contributed by atoms with Crippen LogP contribution in [0.2, 0.25) is 0 Å². The average Bonchev–Trinajstić information content (AvgIpc) is 2.42. The lowest BCUT2D eigenvalue weighted by Gasteiger charge is -2.43. The lowest BCUT2D eigenvalue weighted by atomic mass is 9.96. The van der Waals surface area contributed by atoms with E-state index in [4.69, 9.17) is 24.7 Å². The summed E-state index contributed by atoms with van der Waals surface area (Å²) in [6.45, 7) is 4.52. The summed E-state index contributed by atoms with van der Waals surface area (Å²) in [4.78, 5) is 45.0. The Balaban J connectivity index is 3.08. The Bertz CT molecular complexity index is 493. The zero-order chi connectivity index (χ0) is 18.4. The van der Waals surface area contributed by atoms with Gasteiger partial charge in [0.25, 0.3) is 0 Å². The maximum absolute atomic E-state index is 11.4. The number of esters is 3. The number of carbonyl (C=O) groups is 4. The van der Waals surface area contributed by atoms with Crippen LogP contribution in [0.3, 0.4) is 0 Å². The highest BCUT2D eigenvalue weighted by molar-refractivity contribution is 5.73. The van der Waals surface area contributed by atoms with Crippen molar-refractivity contribution in [3.05, 3.63) is 0 Å². The smallest absolute Gasteiger partial charge is 0.303 e. The Morgan fingerprint density at radius 2 is 1.50 bits per heavy atom. The van der Waals surface area contributed by atoms with Gasteiger partial charge >= 0.3 is 17.9 Å². The van der Waals surface area contributed by atoms with Gasteiger partial charge in [-0.05, 0) is 0 Å². The molecule has 0 saturated carbocycles. The van der Waals surface area contributed by atoms with Crippen LogP contribution < -0.4 is 11.1 Å². The van der Waals surface area contributed by atoms with Crippen LogP contribution in [-0.2, 0) is 38.1 Å². The standard InChI is InChI=1S/C14H22N2O8/c1-6(17)16-14-11(15)13(23-9(4)20)12(22-8(3)19)10(24-14)5-21-7(2)18/h10-14H,5,15H2,1-4H3,(H,16,17)/t10-,11-,12-,13-,14?/m1/s1. The highest BCUT2D eigenvalue weighted by atomic mass is 16.6. The van der Waals surface area contributed by atoms with Gasteiger partial charge in [0.15, 0.2) is 12.2 Å². The fraction of sp³-hybridized carbons (Fsp3) is 0.714. The quantitative estimate of drug-likeness (QED) is 0.454. The van der Waals surface area contributed by atoms with Crippen molar-refractivity contribution in [1.29, 1.82) is 0 Å². The summed E-state index contributed by atoms with van der Waals surface area (Å²) < 4.78 is 20.8. The molecule has 136 valence electrons. The summed E-state index contributed by atoms with van der Waals surface area (Å²) in [5, 5.41) is 2.47. The summed E-state index contributed by atoms with van der Waals surface area (Å²) in [6.07, 6.45) is -4.17. The number of amides is 1. The Labute approximate surface area is 138 Å². The molecular formula is C14H22N2O8. The fourth-order valence-electron chi connectivity index (χ4n) is 2.30. The minimum atomic E-state index is -1.09. The van der Waals surface area contributed by atoms with Gasteiger partial charge in [-0.15, -0.1) is 0 Å². The van der Waals surface area contributed by atoms with Crippen molar-refractivity contribution in [3.8, 4) is 0 Å². The van der Waals surface area contributed by atoms with Gasteiger partial charge in [-0.3, -0.25) is 19.2 Å². The van der Waals surface area contributed by atoms with Gasteiger partial charge in [0.05, 0.1) is 6.04 Å². The summed E-state index contributed by atoms with van der Waals surface area (Å²) in [6, 6.07) is -0.990. The summed E-state index contributed by atoms with van der Waals surface area (Å²) in [5.41, 5.74) is 5.99. The Morgan fingerprint density at radius 1 is 0.958 bits per heavy atom. The highest BCUT2D eigenvalue weighted by Gasteiger charge is 2.49. The molecule has 0 bridgehead atoms. The van der Waals surface area contributed by atoms with Gasteiger partial charge in [0, 0.05) is 27.7 Å². The van der Waals surface area contributed by atoms with Crippen LogP contribution in [0.25, 0.3) is 0 Å². The van der Waals surface area contributed by atoms with E-state index >= 15 is 0 Å². The Morgan fingerprint density at radius 3 is 1.96 bits per heavy atom. The van der Waals surface area contributed by atoms with E-state index < -0.39 is 54.4 Å². The first-order valence-electron chi connectivity index (χ1n) is 7.27. The number of nitrogens with two attached hydrogens (primary N) is 1. The van der Waals surface area contributed by atoms with Crippen LogP contribution in [0.1, 0.15) is 27.7 Å². The first kappa shape index (κ1) is 19.8. The largest absolute Gasteiger partial charge is 0.463 e. The van der Waals surface area contributed by atoms with Crippen LogP contribution >= 0.6 is 0 Å². The van der Waals surface area contributed by atoms with E-state index in [-0.39, 0.29) is 6.61 Å². The second-order valence-corrected chi connectivity index (χ2v) is 5.32. The molecule has 0 aromatic rings. The molecule has 10 nitrogen and oxygen atoms in total. The predicted molar refractivity (Wildman–Crippen MR) is 78.2 cm³/mol. The van der Waals surface area contributed by atoms with Crippen molar-refractivity contribution < 1.29 is 38.1 Å². The second kappa shape index (κ2) is 8.60. The normalized spacial score (nSPS) is 29.3. The summed E-state index contributed by atoms with van der Waals surface area (Å²) in [7, 11) is 0. The molecule has 1 unspecified atom stereocenters. The average molecular weight is 346 g/mol. The minimum Gasteiger partial charge on any atom is -0.463 e. The number of carbonyl (C=O) groups excluding carboxylic acids is 4. The first-order valence-corrected chi connectivity index (χ1v) is 7.27. The van der Waals surface area contributed by atoms with Crippen molar-refractivity contribution in [2.45, 2.75) is 58.3 Å². The third-order valence-electron chi connectivity index (χ3n) is 3.14. The van der Waals surface area contributed by atoms with Gasteiger partial charge in [-0.25, -0.2) is 0 Å². The second-order valence-electron chi connectivity index (χ2n) is 5.32. The molecule has 1 heterocycles. The van der Waals surface area contributed by atoms with Crippen molar-refractivity contribution in [2.24, 2.45) is 5.73 Å². The van der Waals surface area contributed by atoms with E-state index in [1.165, 1.54) is 27.7 Å². The number of hydrogen-bond acceptors (Lipinski definition) is 9. The van der Waals surface area contributed by atoms with Crippen molar-refractivity contribution >= 4 is 23.8 Å². The highest BCUT2D eigenvalue weighted by Crippen LogP contribution is 2.25. The maximum Gasteiger partial charge on any atom is 0.303 e. The van der Waals surface area contributed by atoms with Crippen LogP contribution in [0.5, 0.6) is 0 Å². The molecule has 24 heavy (non-hydrogen) atoms. The van der Waals surface area contributed by atoms with Crippen molar-refractivity contribution in [3.63, 3.8) is 0 Å². The Kier molecular flexibility index (Phi) is 7.11. The van der Waals surface area contributed by atoms with E-state index in [0.29, 0.717) is 0 Å². The Hall–Kier alpha value is -2.20. The zero-order valence-corrected chi connectivity index (χ0v) is 13.9. The predicted octanol–water partition coefficient (Wildman–Crippen LogP) is -1.40. The van der Waals surface area contributed by atoms with Crippen molar-refractivity contribution in [2.75, 3.05) is 6.61 Å². The molecule has 1 aliphatic heterocycles. The lowest BCUT2D eigenvalue weighted by molar-refractivity contribution is -0.224. The number of hydrogen-bond donors (Lipinski definition) is 2. The minimum absolute atomic E-state index is 0.270. The lowest BCUT2D eigenvalue weighted by Crippen LogP contribution is -2.67. The van der Waals surface area contributed by atoms with Crippen LogP contribution in [0, 0.1) is 0 Å². The SMILES string of the molecule is CC(=O)NC1O[C@H](COC(C)=O)[C@@H](OC(C)=O)[C@H](OC(C)=O)[C@H]1N. The molecule has 0 radical (unpaired) electrons. The molecule has 5 atom stereocenters. The van der Waals surface area contributed by atoms with Gasteiger partial charge in [-0.1, -0.05) is 0 Å².